The number of aromatic nitrogens is 3. The van der Waals surface area contributed by atoms with E-state index in [1.54, 1.807) is 51.3 Å². The third-order valence-electron chi connectivity index (χ3n) is 4.92. The van der Waals surface area contributed by atoms with E-state index in [0.717, 1.165) is 0 Å². The molecule has 2 aromatic carbocycles. The monoisotopic (exact) mass is 471 g/mol. The molecular weight excluding hydrogens is 445 g/mol. The zero-order valence-electron chi connectivity index (χ0n) is 18.8. The average molecular weight is 472 g/mol. The van der Waals surface area contributed by atoms with Gasteiger partial charge in [0.25, 0.3) is 5.91 Å². The molecular formula is C23H26FN5O3S. The number of thioether (sulfide) groups is 1. The lowest BCUT2D eigenvalue weighted by Crippen LogP contribution is -2.29. The molecule has 0 spiro atoms. The fraction of sp³-hybridized carbons (Fsp3) is 0.304. The highest BCUT2D eigenvalue weighted by atomic mass is 32.2. The number of carbonyl (C=O) groups is 2. The third-order valence-corrected chi connectivity index (χ3v) is 6.00. The highest BCUT2D eigenvalue weighted by Crippen LogP contribution is 2.26. The Kier molecular flexibility index (Phi) is 8.05. The van der Waals surface area contributed by atoms with Crippen molar-refractivity contribution in [2.75, 3.05) is 12.4 Å². The predicted octanol–water partition coefficient (Wildman–Crippen LogP) is 4.06. The summed E-state index contributed by atoms with van der Waals surface area (Å²) in [6, 6.07) is 12.3. The second kappa shape index (κ2) is 11.0. The van der Waals surface area contributed by atoms with Crippen molar-refractivity contribution in [2.24, 2.45) is 0 Å². The summed E-state index contributed by atoms with van der Waals surface area (Å²) in [6.07, 6.45) is 0. The predicted molar refractivity (Wildman–Crippen MR) is 125 cm³/mol. The van der Waals surface area contributed by atoms with Crippen LogP contribution in [0.5, 0.6) is 5.75 Å². The number of methoxy groups -OCH3 is 1. The molecule has 33 heavy (non-hydrogen) atoms. The van der Waals surface area contributed by atoms with Crippen LogP contribution in [0.3, 0.4) is 0 Å². The highest BCUT2D eigenvalue weighted by Gasteiger charge is 2.23. The van der Waals surface area contributed by atoms with Crippen LogP contribution < -0.4 is 15.4 Å². The van der Waals surface area contributed by atoms with Crippen LogP contribution in [0.15, 0.2) is 53.7 Å². The van der Waals surface area contributed by atoms with Crippen molar-refractivity contribution in [3.63, 3.8) is 0 Å². The number of halogens is 1. The van der Waals surface area contributed by atoms with Crippen LogP contribution in [0.2, 0.25) is 0 Å². The molecule has 0 radical (unpaired) electrons. The molecule has 0 aliphatic carbocycles. The standard InChI is InChI=1S/C23H26FN5O3S/c1-5-29-20(14(2)25-22(31)18-8-6-7-9-19(18)24)27-28-23(29)33-15(3)21(30)26-16-10-12-17(32-4)13-11-16/h6-15H,5H2,1-4H3,(H,25,31)(H,26,30). The van der Waals surface area contributed by atoms with Crippen LogP contribution in [-0.2, 0) is 11.3 Å². The molecule has 0 saturated heterocycles. The Bertz CT molecular complexity index is 1120. The number of amides is 2. The number of rotatable bonds is 9. The Morgan fingerprint density at radius 2 is 1.82 bits per heavy atom. The lowest BCUT2D eigenvalue weighted by Gasteiger charge is -2.16. The minimum absolute atomic E-state index is 0.0367. The van der Waals surface area contributed by atoms with Crippen molar-refractivity contribution in [3.05, 3.63) is 65.7 Å². The van der Waals surface area contributed by atoms with E-state index in [4.69, 9.17) is 4.74 Å². The number of hydrogen-bond acceptors (Lipinski definition) is 6. The summed E-state index contributed by atoms with van der Waals surface area (Å²) in [7, 11) is 1.58. The Morgan fingerprint density at radius 1 is 1.12 bits per heavy atom. The molecule has 2 amide bonds. The van der Waals surface area contributed by atoms with Gasteiger partial charge in [0, 0.05) is 12.2 Å². The molecule has 2 N–H and O–H groups in total. The van der Waals surface area contributed by atoms with Crippen molar-refractivity contribution in [3.8, 4) is 5.75 Å². The summed E-state index contributed by atoms with van der Waals surface area (Å²) < 4.78 is 20.9. The topological polar surface area (TPSA) is 98.1 Å². The maximum absolute atomic E-state index is 13.9. The number of benzene rings is 2. The number of ether oxygens (including phenoxy) is 1. The number of anilines is 1. The molecule has 2 atom stereocenters. The minimum Gasteiger partial charge on any atom is -0.497 e. The van der Waals surface area contributed by atoms with Crippen molar-refractivity contribution in [2.45, 2.75) is 43.8 Å². The van der Waals surface area contributed by atoms with Crippen molar-refractivity contribution in [1.29, 1.82) is 0 Å². The van der Waals surface area contributed by atoms with Gasteiger partial charge in [-0.2, -0.15) is 0 Å². The van der Waals surface area contributed by atoms with Gasteiger partial charge in [-0.25, -0.2) is 4.39 Å². The molecule has 1 aromatic heterocycles. The lowest BCUT2D eigenvalue weighted by molar-refractivity contribution is -0.115. The van der Waals surface area contributed by atoms with Crippen LogP contribution in [0.25, 0.3) is 0 Å². The zero-order valence-corrected chi connectivity index (χ0v) is 19.6. The summed E-state index contributed by atoms with van der Waals surface area (Å²) in [5, 5.41) is 14.2. The maximum Gasteiger partial charge on any atom is 0.254 e. The molecule has 0 bridgehead atoms. The van der Waals surface area contributed by atoms with Gasteiger partial charge in [-0.1, -0.05) is 23.9 Å². The van der Waals surface area contributed by atoms with Gasteiger partial charge in [-0.05, 0) is 57.2 Å². The normalized spacial score (nSPS) is 12.6. The van der Waals surface area contributed by atoms with Gasteiger partial charge < -0.3 is 19.9 Å². The van der Waals surface area contributed by atoms with Gasteiger partial charge in [-0.3, -0.25) is 9.59 Å². The summed E-state index contributed by atoms with van der Waals surface area (Å²) in [5.74, 6) is -0.0827. The molecule has 174 valence electrons. The van der Waals surface area contributed by atoms with E-state index in [1.807, 2.05) is 11.5 Å². The first-order valence-electron chi connectivity index (χ1n) is 10.4. The molecule has 2 unspecified atom stereocenters. The van der Waals surface area contributed by atoms with E-state index >= 15 is 0 Å². The third kappa shape index (κ3) is 5.89. The van der Waals surface area contributed by atoms with Gasteiger partial charge in [0.2, 0.25) is 5.91 Å². The maximum atomic E-state index is 13.9. The molecule has 3 rings (SSSR count). The van der Waals surface area contributed by atoms with E-state index in [2.05, 4.69) is 20.8 Å². The minimum atomic E-state index is -0.591. The SMILES string of the molecule is CCn1c(SC(C)C(=O)Nc2ccc(OC)cc2)nnc1C(C)NC(=O)c1ccccc1F. The Hall–Kier alpha value is -3.40. The Morgan fingerprint density at radius 3 is 2.45 bits per heavy atom. The number of carbonyl (C=O) groups excluding carboxylic acids is 2. The smallest absolute Gasteiger partial charge is 0.254 e. The van der Waals surface area contributed by atoms with Gasteiger partial charge in [-0.15, -0.1) is 10.2 Å². The van der Waals surface area contributed by atoms with E-state index in [9.17, 15) is 14.0 Å². The van der Waals surface area contributed by atoms with Crippen molar-refractivity contribution >= 4 is 29.3 Å². The lowest BCUT2D eigenvalue weighted by atomic mass is 10.2. The first kappa shape index (κ1) is 24.2. The number of hydrogen-bond donors (Lipinski definition) is 2. The average Bonchev–Trinajstić information content (AvgIpc) is 3.22. The number of nitrogens with one attached hydrogen (secondary N) is 2. The molecule has 0 fully saturated rings. The summed E-state index contributed by atoms with van der Waals surface area (Å²) in [5.41, 5.74) is 0.626. The van der Waals surface area contributed by atoms with Crippen LogP contribution in [0.1, 0.15) is 43.0 Å². The van der Waals surface area contributed by atoms with E-state index in [1.165, 1.54) is 30.0 Å². The molecule has 8 nitrogen and oxygen atoms in total. The fourth-order valence-electron chi connectivity index (χ4n) is 3.12. The summed E-state index contributed by atoms with van der Waals surface area (Å²) >= 11 is 1.27. The Labute approximate surface area is 195 Å². The van der Waals surface area contributed by atoms with Crippen LogP contribution >= 0.6 is 11.8 Å². The first-order chi connectivity index (χ1) is 15.8. The van der Waals surface area contributed by atoms with Crippen LogP contribution in [0, 0.1) is 5.82 Å². The molecule has 0 aliphatic rings. The second-order valence-corrected chi connectivity index (χ2v) is 8.55. The van der Waals surface area contributed by atoms with Gasteiger partial charge in [0.1, 0.15) is 11.6 Å². The van der Waals surface area contributed by atoms with E-state index < -0.39 is 23.0 Å². The molecule has 0 aliphatic heterocycles. The van der Waals surface area contributed by atoms with E-state index in [-0.39, 0.29) is 11.5 Å². The summed E-state index contributed by atoms with van der Waals surface area (Å²) in [4.78, 5) is 25.1. The molecule has 10 heteroatoms. The first-order valence-corrected chi connectivity index (χ1v) is 11.3. The molecule has 3 aromatic rings. The zero-order chi connectivity index (χ0) is 24.0. The van der Waals surface area contributed by atoms with Gasteiger partial charge in [0.15, 0.2) is 11.0 Å². The number of nitrogens with zero attached hydrogens (tertiary/aromatic N) is 3. The van der Waals surface area contributed by atoms with E-state index in [0.29, 0.717) is 29.0 Å². The van der Waals surface area contributed by atoms with Crippen LogP contribution in [-0.4, -0.2) is 38.9 Å². The fourth-order valence-corrected chi connectivity index (χ4v) is 4.04. The van der Waals surface area contributed by atoms with Gasteiger partial charge in [0.05, 0.1) is 24.0 Å². The van der Waals surface area contributed by atoms with Crippen molar-refractivity contribution in [1.82, 2.24) is 20.1 Å². The molecule has 1 heterocycles. The quantitative estimate of drug-likeness (QED) is 0.457. The summed E-state index contributed by atoms with van der Waals surface area (Å²) in [6.45, 7) is 5.99. The second-order valence-electron chi connectivity index (χ2n) is 7.24. The Balaban J connectivity index is 1.67. The highest BCUT2D eigenvalue weighted by molar-refractivity contribution is 8.00. The van der Waals surface area contributed by atoms with Crippen LogP contribution in [0.4, 0.5) is 10.1 Å². The van der Waals surface area contributed by atoms with Crippen molar-refractivity contribution < 1.29 is 18.7 Å². The largest absolute Gasteiger partial charge is 0.497 e. The van der Waals surface area contributed by atoms with Gasteiger partial charge >= 0.3 is 0 Å². The molecule has 0 saturated carbocycles.